The van der Waals surface area contributed by atoms with Gasteiger partial charge in [-0.3, -0.25) is 14.4 Å². The van der Waals surface area contributed by atoms with Crippen molar-refractivity contribution in [2.45, 2.75) is 25.3 Å². The van der Waals surface area contributed by atoms with E-state index in [1.165, 1.54) is 0 Å². The second-order valence-electron chi connectivity index (χ2n) is 4.63. The molecular weight excluding hydrogens is 284 g/mol. The smallest absolute Gasteiger partial charge is 0.303 e. The molecule has 0 aliphatic carbocycles. The maximum Gasteiger partial charge on any atom is 0.303 e. The molecule has 6 heteroatoms. The molecule has 3 N–H and O–H groups in total. The van der Waals surface area contributed by atoms with Gasteiger partial charge in [0.1, 0.15) is 6.04 Å². The van der Waals surface area contributed by atoms with Crippen LogP contribution in [0.15, 0.2) is 30.3 Å². The summed E-state index contributed by atoms with van der Waals surface area (Å²) in [5, 5.41) is 13.6. The maximum atomic E-state index is 12.0. The minimum Gasteiger partial charge on any atom is -0.481 e. The van der Waals surface area contributed by atoms with E-state index in [9.17, 15) is 14.4 Å². The second kappa shape index (κ2) is 9.19. The first-order valence-corrected chi connectivity index (χ1v) is 6.79. The summed E-state index contributed by atoms with van der Waals surface area (Å²) in [6.45, 7) is 0.0646. The Morgan fingerprint density at radius 2 is 1.86 bits per heavy atom. The van der Waals surface area contributed by atoms with Gasteiger partial charge in [-0.2, -0.15) is 0 Å². The van der Waals surface area contributed by atoms with E-state index in [-0.39, 0.29) is 19.4 Å². The number of rotatable bonds is 8. The van der Waals surface area contributed by atoms with E-state index in [0.29, 0.717) is 6.42 Å². The molecule has 0 bridgehead atoms. The third-order valence-electron chi connectivity index (χ3n) is 2.86. The van der Waals surface area contributed by atoms with Gasteiger partial charge in [0.05, 0.1) is 13.0 Å². The Hall–Kier alpha value is -2.81. The highest BCUT2D eigenvalue weighted by Gasteiger charge is 2.21. The summed E-state index contributed by atoms with van der Waals surface area (Å²) < 4.78 is 0. The molecule has 0 saturated carbocycles. The molecule has 0 aromatic heterocycles. The fraction of sp³-hybridized carbons (Fsp3) is 0.312. The summed E-state index contributed by atoms with van der Waals surface area (Å²) in [6.07, 6.45) is 4.94. The van der Waals surface area contributed by atoms with Gasteiger partial charge in [-0.25, -0.2) is 0 Å². The van der Waals surface area contributed by atoms with E-state index >= 15 is 0 Å². The van der Waals surface area contributed by atoms with Crippen molar-refractivity contribution in [3.8, 4) is 12.3 Å². The molecule has 6 nitrogen and oxygen atoms in total. The largest absolute Gasteiger partial charge is 0.481 e. The Bertz CT molecular complexity index is 563. The molecule has 1 aromatic carbocycles. The van der Waals surface area contributed by atoms with Gasteiger partial charge in [0.25, 0.3) is 0 Å². The lowest BCUT2D eigenvalue weighted by Gasteiger charge is -2.18. The topological polar surface area (TPSA) is 95.5 Å². The summed E-state index contributed by atoms with van der Waals surface area (Å²) in [5.74, 6) is 0.340. The molecule has 0 unspecified atom stereocenters. The van der Waals surface area contributed by atoms with Crippen LogP contribution in [0, 0.1) is 12.3 Å². The first-order chi connectivity index (χ1) is 10.5. The van der Waals surface area contributed by atoms with Crippen LogP contribution in [0.2, 0.25) is 0 Å². The van der Waals surface area contributed by atoms with Crippen LogP contribution >= 0.6 is 0 Å². The Labute approximate surface area is 128 Å². The van der Waals surface area contributed by atoms with Gasteiger partial charge in [-0.05, 0) is 5.56 Å². The standard InChI is InChI=1S/C16H18N2O4/c1-2-10-17-16(22)13(11-12-6-4-3-5-7-12)18-14(19)8-9-15(20)21/h1,3-7,13H,8-11H2,(H,17,22)(H,18,19)(H,20,21)/t13-/m0/s1. The van der Waals surface area contributed by atoms with Crippen molar-refractivity contribution in [2.24, 2.45) is 0 Å². The Balaban J connectivity index is 2.69. The maximum absolute atomic E-state index is 12.0. The van der Waals surface area contributed by atoms with Crippen molar-refractivity contribution in [3.63, 3.8) is 0 Å². The summed E-state index contributed by atoms with van der Waals surface area (Å²) >= 11 is 0. The minimum absolute atomic E-state index is 0.0646. The Morgan fingerprint density at radius 1 is 1.18 bits per heavy atom. The van der Waals surface area contributed by atoms with Crippen molar-refractivity contribution in [1.82, 2.24) is 10.6 Å². The number of carbonyl (C=O) groups is 3. The van der Waals surface area contributed by atoms with E-state index in [2.05, 4.69) is 16.6 Å². The zero-order chi connectivity index (χ0) is 16.4. The van der Waals surface area contributed by atoms with E-state index in [0.717, 1.165) is 5.56 Å². The predicted octanol–water partition coefficient (Wildman–Crippen LogP) is 0.328. The van der Waals surface area contributed by atoms with Gasteiger partial charge in [-0.1, -0.05) is 36.3 Å². The molecular formula is C16H18N2O4. The number of benzene rings is 1. The molecule has 22 heavy (non-hydrogen) atoms. The van der Waals surface area contributed by atoms with E-state index in [1.54, 1.807) is 0 Å². The van der Waals surface area contributed by atoms with Crippen molar-refractivity contribution >= 4 is 17.8 Å². The molecule has 0 spiro atoms. The lowest BCUT2D eigenvalue weighted by atomic mass is 10.0. The molecule has 0 aliphatic heterocycles. The highest BCUT2D eigenvalue weighted by Crippen LogP contribution is 2.04. The van der Waals surface area contributed by atoms with Gasteiger partial charge < -0.3 is 15.7 Å². The number of aliphatic carboxylic acids is 1. The highest BCUT2D eigenvalue weighted by molar-refractivity contribution is 5.89. The number of amides is 2. The van der Waals surface area contributed by atoms with Gasteiger partial charge in [0.15, 0.2) is 0 Å². The summed E-state index contributed by atoms with van der Waals surface area (Å²) in [6, 6.07) is 8.39. The first-order valence-electron chi connectivity index (χ1n) is 6.79. The van der Waals surface area contributed by atoms with E-state index in [1.807, 2.05) is 30.3 Å². The van der Waals surface area contributed by atoms with Crippen molar-refractivity contribution in [3.05, 3.63) is 35.9 Å². The fourth-order valence-corrected chi connectivity index (χ4v) is 1.81. The van der Waals surface area contributed by atoms with Gasteiger partial charge >= 0.3 is 5.97 Å². The number of terminal acetylenes is 1. The van der Waals surface area contributed by atoms with Crippen molar-refractivity contribution in [1.29, 1.82) is 0 Å². The molecule has 1 rings (SSSR count). The number of hydrogen-bond acceptors (Lipinski definition) is 3. The number of carboxylic acids is 1. The molecule has 116 valence electrons. The monoisotopic (exact) mass is 302 g/mol. The third kappa shape index (κ3) is 6.57. The van der Waals surface area contributed by atoms with Gasteiger partial charge in [0.2, 0.25) is 11.8 Å². The van der Waals surface area contributed by atoms with E-state index < -0.39 is 23.8 Å². The first kappa shape index (κ1) is 17.2. The number of hydrogen-bond donors (Lipinski definition) is 3. The molecule has 0 aliphatic rings. The Kier molecular flexibility index (Phi) is 7.20. The molecule has 0 radical (unpaired) electrons. The molecule has 0 fully saturated rings. The lowest BCUT2D eigenvalue weighted by molar-refractivity contribution is -0.139. The van der Waals surface area contributed by atoms with Crippen LogP contribution in [0.3, 0.4) is 0 Å². The second-order valence-corrected chi connectivity index (χ2v) is 4.63. The summed E-state index contributed by atoms with van der Waals surface area (Å²) in [7, 11) is 0. The van der Waals surface area contributed by atoms with Crippen molar-refractivity contribution in [2.75, 3.05) is 6.54 Å². The highest BCUT2D eigenvalue weighted by atomic mass is 16.4. The van der Waals surface area contributed by atoms with Crippen molar-refractivity contribution < 1.29 is 19.5 Å². The van der Waals surface area contributed by atoms with Gasteiger partial charge in [-0.15, -0.1) is 6.42 Å². The van der Waals surface area contributed by atoms with Gasteiger partial charge in [0, 0.05) is 12.8 Å². The zero-order valence-electron chi connectivity index (χ0n) is 12.0. The third-order valence-corrected chi connectivity index (χ3v) is 2.86. The van der Waals surface area contributed by atoms with Crippen LogP contribution < -0.4 is 10.6 Å². The quantitative estimate of drug-likeness (QED) is 0.603. The van der Waals surface area contributed by atoms with Crippen LogP contribution in [0.1, 0.15) is 18.4 Å². The minimum atomic E-state index is -1.06. The van der Waals surface area contributed by atoms with Crippen LogP contribution in [0.4, 0.5) is 0 Å². The van der Waals surface area contributed by atoms with Crippen LogP contribution in [0.5, 0.6) is 0 Å². The number of carboxylic acid groups (broad SMARTS) is 1. The number of carbonyl (C=O) groups excluding carboxylic acids is 2. The Morgan fingerprint density at radius 3 is 2.45 bits per heavy atom. The van der Waals surface area contributed by atoms with Crippen LogP contribution in [0.25, 0.3) is 0 Å². The lowest BCUT2D eigenvalue weighted by Crippen LogP contribution is -2.48. The average molecular weight is 302 g/mol. The average Bonchev–Trinajstić information content (AvgIpc) is 2.51. The van der Waals surface area contributed by atoms with Crippen LogP contribution in [-0.4, -0.2) is 35.5 Å². The molecule has 0 heterocycles. The van der Waals surface area contributed by atoms with E-state index in [4.69, 9.17) is 11.5 Å². The number of nitrogens with one attached hydrogen (secondary N) is 2. The normalized spacial score (nSPS) is 11.0. The zero-order valence-corrected chi connectivity index (χ0v) is 12.0. The summed E-state index contributed by atoms with van der Waals surface area (Å²) in [4.78, 5) is 34.2. The SMILES string of the molecule is C#CCNC(=O)[C@H](Cc1ccccc1)NC(=O)CCC(=O)O. The fourth-order valence-electron chi connectivity index (χ4n) is 1.81. The molecule has 1 atom stereocenters. The molecule has 0 saturated heterocycles. The van der Waals surface area contributed by atoms with Crippen LogP contribution in [-0.2, 0) is 20.8 Å². The molecule has 1 aromatic rings. The predicted molar refractivity (Wildman–Crippen MR) is 80.8 cm³/mol. The summed E-state index contributed by atoms with van der Waals surface area (Å²) in [5.41, 5.74) is 0.877. The molecule has 2 amide bonds.